The van der Waals surface area contributed by atoms with Gasteiger partial charge in [-0.25, -0.2) is 0 Å². The van der Waals surface area contributed by atoms with Crippen molar-refractivity contribution in [3.63, 3.8) is 0 Å². The average molecular weight is 330 g/mol. The van der Waals surface area contributed by atoms with Crippen molar-refractivity contribution in [1.29, 1.82) is 0 Å². The van der Waals surface area contributed by atoms with E-state index in [0.29, 0.717) is 11.3 Å². The Labute approximate surface area is 134 Å². The average Bonchev–Trinajstić information content (AvgIpc) is 2.47. The normalized spacial score (nSPS) is 12.2. The zero-order chi connectivity index (χ0) is 16.6. The quantitative estimate of drug-likeness (QED) is 0.547. The molecule has 2 N–H and O–H groups in total. The van der Waals surface area contributed by atoms with Gasteiger partial charge in [0.15, 0.2) is 0 Å². The summed E-state index contributed by atoms with van der Waals surface area (Å²) in [6.45, 7) is 3.81. The predicted molar refractivity (Wildman–Crippen MR) is 93.0 cm³/mol. The lowest BCUT2D eigenvalue weighted by Crippen LogP contribution is -2.08. The summed E-state index contributed by atoms with van der Waals surface area (Å²) in [6, 6.07) is 15.7. The van der Waals surface area contributed by atoms with Crippen LogP contribution in [0.1, 0.15) is 19.4 Å². The van der Waals surface area contributed by atoms with Crippen molar-refractivity contribution in [2.75, 3.05) is 0 Å². The van der Waals surface area contributed by atoms with Gasteiger partial charge in [0.2, 0.25) is 0 Å². The van der Waals surface area contributed by atoms with Crippen LogP contribution in [0.5, 0.6) is 5.75 Å². The van der Waals surface area contributed by atoms with Gasteiger partial charge in [0.25, 0.3) is 0 Å². The summed E-state index contributed by atoms with van der Waals surface area (Å²) in [5, 5.41) is 4.12. The fraction of sp³-hybridized carbons (Fsp3) is 0.222. The molecule has 0 saturated carbocycles. The van der Waals surface area contributed by atoms with Crippen LogP contribution in [0.2, 0.25) is 0 Å². The molecule has 3 aromatic rings. The molecule has 0 aliphatic heterocycles. The molecule has 5 heteroatoms. The smallest absolute Gasteiger partial charge is 0.330 e. The van der Waals surface area contributed by atoms with E-state index in [1.165, 1.54) is 0 Å². The van der Waals surface area contributed by atoms with Gasteiger partial charge in [0.05, 0.1) is 12.3 Å². The summed E-state index contributed by atoms with van der Waals surface area (Å²) in [6.07, 6.45) is -0.403. The van der Waals surface area contributed by atoms with Gasteiger partial charge in [-0.3, -0.25) is 4.57 Å². The Morgan fingerprint density at radius 1 is 0.957 bits per heavy atom. The monoisotopic (exact) mass is 330 g/mol. The second kappa shape index (κ2) is 5.97. The van der Waals surface area contributed by atoms with Crippen molar-refractivity contribution >= 4 is 29.1 Å². The topological polar surface area (TPSA) is 66.8 Å². The van der Waals surface area contributed by atoms with Crippen molar-refractivity contribution < 1.29 is 19.1 Å². The molecule has 0 aliphatic carbocycles. The Bertz CT molecular complexity index is 911. The first-order valence-corrected chi connectivity index (χ1v) is 9.29. The molecule has 0 radical (unpaired) electrons. The van der Waals surface area contributed by atoms with Crippen LogP contribution in [0.4, 0.5) is 0 Å². The summed E-state index contributed by atoms with van der Waals surface area (Å²) >= 11 is 0. The number of ether oxygens (including phenoxy) is 1. The Balaban J connectivity index is 2.30. The van der Waals surface area contributed by atoms with E-state index in [9.17, 15) is 14.4 Å². The zero-order valence-electron chi connectivity index (χ0n) is 13.1. The van der Waals surface area contributed by atoms with Gasteiger partial charge in [0, 0.05) is 10.9 Å². The maximum absolute atomic E-state index is 11.4. The molecule has 0 aromatic heterocycles. The van der Waals surface area contributed by atoms with Crippen LogP contribution in [-0.4, -0.2) is 15.9 Å². The lowest BCUT2D eigenvalue weighted by Gasteiger charge is -2.18. The van der Waals surface area contributed by atoms with Crippen molar-refractivity contribution in [2.45, 2.75) is 26.1 Å². The molecule has 3 aromatic carbocycles. The molecule has 0 saturated heterocycles. The maximum Gasteiger partial charge on any atom is 0.330 e. The number of hydrogen-bond acceptors (Lipinski definition) is 2. The van der Waals surface area contributed by atoms with Gasteiger partial charge >= 0.3 is 7.60 Å². The van der Waals surface area contributed by atoms with E-state index in [4.69, 9.17) is 4.74 Å². The van der Waals surface area contributed by atoms with Gasteiger partial charge in [-0.15, -0.1) is 0 Å². The third-order valence-corrected chi connectivity index (χ3v) is 4.44. The highest BCUT2D eigenvalue weighted by molar-refractivity contribution is 7.50. The second-order valence-electron chi connectivity index (χ2n) is 5.93. The molecule has 0 heterocycles. The summed E-state index contributed by atoms with van der Waals surface area (Å²) < 4.78 is 17.3. The van der Waals surface area contributed by atoms with Crippen LogP contribution in [0, 0.1) is 0 Å². The largest absolute Gasteiger partial charge is 0.490 e. The molecule has 0 fully saturated rings. The molecular weight excluding hydrogens is 311 g/mol. The van der Waals surface area contributed by atoms with E-state index >= 15 is 0 Å². The highest BCUT2D eigenvalue weighted by Crippen LogP contribution is 2.44. The van der Waals surface area contributed by atoms with Crippen LogP contribution >= 0.6 is 7.60 Å². The van der Waals surface area contributed by atoms with Crippen LogP contribution in [0.15, 0.2) is 48.5 Å². The molecule has 0 bridgehead atoms. The Hall–Kier alpha value is -1.87. The first kappa shape index (κ1) is 16.0. The minimum atomic E-state index is -4.16. The molecular formula is C18H19O4P. The molecule has 120 valence electrons. The van der Waals surface area contributed by atoms with Gasteiger partial charge < -0.3 is 14.5 Å². The van der Waals surface area contributed by atoms with E-state index in [1.54, 1.807) is 6.07 Å². The minimum Gasteiger partial charge on any atom is -0.490 e. The fourth-order valence-corrected chi connectivity index (χ4v) is 3.52. The van der Waals surface area contributed by atoms with Crippen LogP contribution in [-0.2, 0) is 10.7 Å². The zero-order valence-corrected chi connectivity index (χ0v) is 14.0. The Kier molecular flexibility index (Phi) is 4.15. The number of fused-ring (bicyclic) bond motifs is 3. The lowest BCUT2D eigenvalue weighted by molar-refractivity contribution is 0.243. The van der Waals surface area contributed by atoms with Crippen molar-refractivity contribution in [2.24, 2.45) is 0 Å². The van der Waals surface area contributed by atoms with Crippen LogP contribution < -0.4 is 4.74 Å². The maximum atomic E-state index is 11.4. The summed E-state index contributed by atoms with van der Waals surface area (Å²) in [5.41, 5.74) is 0.537. The first-order valence-electron chi connectivity index (χ1n) is 7.50. The first-order chi connectivity index (χ1) is 10.8. The Morgan fingerprint density at radius 2 is 1.65 bits per heavy atom. The molecule has 0 amide bonds. The minimum absolute atomic E-state index is 0.0809. The Morgan fingerprint density at radius 3 is 2.35 bits per heavy atom. The third-order valence-electron chi connectivity index (χ3n) is 3.69. The third kappa shape index (κ3) is 3.40. The standard InChI is InChI=1S/C18H19O4P/c1-12(2)22-18-14(11-23(19,20)21)8-9-16-15-6-4-3-5-13(15)7-10-17(16)18/h3-10,12H,11H2,1-2H3,(H2,19,20,21). The fourth-order valence-electron chi connectivity index (χ4n) is 2.83. The van der Waals surface area contributed by atoms with Crippen LogP contribution in [0.25, 0.3) is 21.5 Å². The molecule has 0 spiro atoms. The van der Waals surface area contributed by atoms with Gasteiger partial charge in [0.1, 0.15) is 5.75 Å². The van der Waals surface area contributed by atoms with Gasteiger partial charge in [-0.1, -0.05) is 48.5 Å². The molecule has 0 unspecified atom stereocenters. The van der Waals surface area contributed by atoms with Crippen molar-refractivity contribution in [3.05, 3.63) is 54.1 Å². The highest BCUT2D eigenvalue weighted by Gasteiger charge is 2.20. The van der Waals surface area contributed by atoms with E-state index in [1.807, 2.05) is 56.3 Å². The highest BCUT2D eigenvalue weighted by atomic mass is 31.2. The van der Waals surface area contributed by atoms with Crippen molar-refractivity contribution in [1.82, 2.24) is 0 Å². The van der Waals surface area contributed by atoms with E-state index in [-0.39, 0.29) is 12.3 Å². The van der Waals surface area contributed by atoms with Gasteiger partial charge in [-0.05, 0) is 30.0 Å². The summed E-state index contributed by atoms with van der Waals surface area (Å²) in [5.74, 6) is 0.562. The van der Waals surface area contributed by atoms with E-state index in [2.05, 4.69) is 0 Å². The predicted octanol–water partition coefficient (Wildman–Crippen LogP) is 4.46. The molecule has 23 heavy (non-hydrogen) atoms. The molecule has 0 atom stereocenters. The molecule has 4 nitrogen and oxygen atoms in total. The number of rotatable bonds is 4. The van der Waals surface area contributed by atoms with Crippen molar-refractivity contribution in [3.8, 4) is 5.75 Å². The van der Waals surface area contributed by atoms with E-state index < -0.39 is 7.60 Å². The number of hydrogen-bond donors (Lipinski definition) is 2. The summed E-state index contributed by atoms with van der Waals surface area (Å²) in [4.78, 5) is 18.7. The summed E-state index contributed by atoms with van der Waals surface area (Å²) in [7, 11) is -4.16. The number of benzene rings is 3. The van der Waals surface area contributed by atoms with E-state index in [0.717, 1.165) is 21.5 Å². The van der Waals surface area contributed by atoms with Crippen LogP contribution in [0.3, 0.4) is 0 Å². The molecule has 3 rings (SSSR count). The van der Waals surface area contributed by atoms with Gasteiger partial charge in [-0.2, -0.15) is 0 Å². The lowest BCUT2D eigenvalue weighted by atomic mass is 9.99. The second-order valence-corrected chi connectivity index (χ2v) is 7.57. The molecule has 0 aliphatic rings. The SMILES string of the molecule is CC(C)Oc1c(CP(=O)(O)O)ccc2c1ccc1ccccc12.